The molecule has 1 aromatic rings. The highest BCUT2D eigenvalue weighted by atomic mass is 16.9. The summed E-state index contributed by atoms with van der Waals surface area (Å²) in [5.74, 6) is 1.23. The Morgan fingerprint density at radius 1 is 1.56 bits per heavy atom. The summed E-state index contributed by atoms with van der Waals surface area (Å²) in [5, 5.41) is 20.3. The Hall–Kier alpha value is -1.86. The average molecular weight is 231 g/mol. The number of hydrogen-bond donors (Lipinski definition) is 3. The van der Waals surface area contributed by atoms with Gasteiger partial charge in [-0.2, -0.15) is 4.98 Å². The number of nitrogens with two attached hydrogens (primary N) is 1. The molecule has 0 bridgehead atoms. The number of nitrogens with one attached hydrogen (secondary N) is 1. The van der Waals surface area contributed by atoms with Crippen molar-refractivity contribution in [2.75, 3.05) is 5.73 Å². The minimum absolute atomic E-state index is 0.0879. The van der Waals surface area contributed by atoms with Gasteiger partial charge in [0.1, 0.15) is 5.82 Å². The van der Waals surface area contributed by atoms with Crippen molar-refractivity contribution in [3.8, 4) is 0 Å². The summed E-state index contributed by atoms with van der Waals surface area (Å²) in [6.45, 7) is 6.44. The van der Waals surface area contributed by atoms with Crippen molar-refractivity contribution in [3.63, 3.8) is 0 Å². The zero-order chi connectivity index (χ0) is 12.8. The van der Waals surface area contributed by atoms with Gasteiger partial charge in [-0.15, -0.1) is 15.2 Å². The van der Waals surface area contributed by atoms with Gasteiger partial charge in [0.25, 0.3) is 5.09 Å². The van der Waals surface area contributed by atoms with E-state index in [1.165, 1.54) is 0 Å². The van der Waals surface area contributed by atoms with Gasteiger partial charge in [0.15, 0.2) is 0 Å². The molecule has 16 heavy (non-hydrogen) atoms. The molecule has 0 aliphatic rings. The Labute approximate surface area is 93.0 Å². The fraction of sp³-hybridized carbons (Fsp3) is 0.750. The molecular formula is C8H17N5O3. The summed E-state index contributed by atoms with van der Waals surface area (Å²) in [5.41, 5.74) is 5.52. The van der Waals surface area contributed by atoms with Crippen LogP contribution in [0.3, 0.4) is 0 Å². The van der Waals surface area contributed by atoms with Gasteiger partial charge in [-0.05, 0) is 12.8 Å². The van der Waals surface area contributed by atoms with Crippen molar-refractivity contribution in [1.29, 1.82) is 0 Å². The van der Waals surface area contributed by atoms with Crippen LogP contribution in [0, 0.1) is 10.1 Å². The summed E-state index contributed by atoms with van der Waals surface area (Å²) < 4.78 is 0. The van der Waals surface area contributed by atoms with Crippen molar-refractivity contribution in [2.45, 2.75) is 39.0 Å². The van der Waals surface area contributed by atoms with Crippen molar-refractivity contribution in [2.24, 2.45) is 0 Å². The van der Waals surface area contributed by atoms with Crippen LogP contribution in [-0.4, -0.2) is 25.5 Å². The second kappa shape index (κ2) is 5.89. The molecule has 0 saturated carbocycles. The molecule has 8 heteroatoms. The number of anilines is 1. The second-order valence-corrected chi connectivity index (χ2v) is 3.55. The lowest BCUT2D eigenvalue weighted by atomic mass is 9.84. The third-order valence-corrected chi connectivity index (χ3v) is 2.64. The predicted octanol–water partition coefficient (Wildman–Crippen LogP) is 1.12. The molecule has 1 aromatic heterocycles. The van der Waals surface area contributed by atoms with E-state index < -0.39 is 5.09 Å². The van der Waals surface area contributed by atoms with Crippen LogP contribution in [0.25, 0.3) is 0 Å². The number of H-pyrrole nitrogens is 1. The third-order valence-electron chi connectivity index (χ3n) is 2.64. The maximum Gasteiger partial charge on any atom is 0.291 e. The van der Waals surface area contributed by atoms with Crippen molar-refractivity contribution in [3.05, 3.63) is 15.9 Å². The highest BCUT2D eigenvalue weighted by molar-refractivity contribution is 5.17. The van der Waals surface area contributed by atoms with E-state index in [1.807, 2.05) is 0 Å². The van der Waals surface area contributed by atoms with Crippen molar-refractivity contribution in [1.82, 2.24) is 15.2 Å². The van der Waals surface area contributed by atoms with E-state index in [0.29, 0.717) is 5.95 Å². The van der Waals surface area contributed by atoms with E-state index in [1.54, 1.807) is 0 Å². The largest absolute Gasteiger partial charge is 0.367 e. The number of aromatic amines is 1. The molecule has 1 heterocycles. The van der Waals surface area contributed by atoms with Gasteiger partial charge in [0.2, 0.25) is 5.95 Å². The van der Waals surface area contributed by atoms with Crippen LogP contribution < -0.4 is 5.73 Å². The summed E-state index contributed by atoms with van der Waals surface area (Å²) in [4.78, 5) is 12.5. The van der Waals surface area contributed by atoms with E-state index in [4.69, 9.17) is 21.1 Å². The normalized spacial score (nSPS) is 10.4. The van der Waals surface area contributed by atoms with Crippen LogP contribution in [0.15, 0.2) is 0 Å². The molecule has 4 N–H and O–H groups in total. The van der Waals surface area contributed by atoms with Crippen LogP contribution in [0.4, 0.5) is 5.95 Å². The van der Waals surface area contributed by atoms with E-state index in [0.717, 1.165) is 18.7 Å². The molecule has 0 spiro atoms. The van der Waals surface area contributed by atoms with E-state index >= 15 is 0 Å². The zero-order valence-corrected chi connectivity index (χ0v) is 9.60. The van der Waals surface area contributed by atoms with E-state index in [2.05, 4.69) is 36.0 Å². The van der Waals surface area contributed by atoms with Crippen LogP contribution in [-0.2, 0) is 5.41 Å². The molecule has 0 atom stereocenters. The van der Waals surface area contributed by atoms with Crippen LogP contribution in [0.5, 0.6) is 0 Å². The SMILES string of the molecule is CCC(C)(CC)c1nc(N)n[nH]1.O=[N+]([O-])O. The first-order chi connectivity index (χ1) is 7.35. The molecule has 0 aliphatic carbocycles. The fourth-order valence-electron chi connectivity index (χ4n) is 1.13. The first kappa shape index (κ1) is 14.1. The lowest BCUT2D eigenvalue weighted by molar-refractivity contribution is -0.742. The van der Waals surface area contributed by atoms with Gasteiger partial charge >= 0.3 is 0 Å². The molecule has 0 fully saturated rings. The molecule has 0 aliphatic heterocycles. The van der Waals surface area contributed by atoms with E-state index in [-0.39, 0.29) is 5.41 Å². The monoisotopic (exact) mass is 231 g/mol. The highest BCUT2D eigenvalue weighted by Gasteiger charge is 2.25. The molecular weight excluding hydrogens is 214 g/mol. The van der Waals surface area contributed by atoms with Crippen LogP contribution in [0.1, 0.15) is 39.4 Å². The third kappa shape index (κ3) is 4.11. The minimum Gasteiger partial charge on any atom is -0.367 e. The van der Waals surface area contributed by atoms with Crippen molar-refractivity contribution < 1.29 is 10.3 Å². The number of hydrogen-bond acceptors (Lipinski definition) is 5. The molecule has 0 unspecified atom stereocenters. The number of nitrogen functional groups attached to an aromatic ring is 1. The molecule has 8 nitrogen and oxygen atoms in total. The fourth-order valence-corrected chi connectivity index (χ4v) is 1.13. The molecule has 0 radical (unpaired) electrons. The Balaban J connectivity index is 0.000000487. The van der Waals surface area contributed by atoms with Crippen LogP contribution in [0.2, 0.25) is 0 Å². The standard InChI is InChI=1S/C8H16N4.HNO3/c1-4-8(3,5-2)6-10-7(9)12-11-6;2-1(3)4/h4-5H2,1-3H3,(H3,9,10,11,12);(H,2,3,4). The first-order valence-electron chi connectivity index (χ1n) is 4.87. The Kier molecular flexibility index (Phi) is 5.20. The first-order valence-corrected chi connectivity index (χ1v) is 4.87. The van der Waals surface area contributed by atoms with Gasteiger partial charge in [-0.1, -0.05) is 20.8 Å². The average Bonchev–Trinajstić information content (AvgIpc) is 2.63. The number of rotatable bonds is 3. The molecule has 0 saturated heterocycles. The topological polar surface area (TPSA) is 131 Å². The van der Waals surface area contributed by atoms with Gasteiger partial charge in [0, 0.05) is 5.41 Å². The zero-order valence-electron chi connectivity index (χ0n) is 9.60. The minimum atomic E-state index is -1.50. The predicted molar refractivity (Wildman–Crippen MR) is 57.5 cm³/mol. The van der Waals surface area contributed by atoms with Gasteiger partial charge < -0.3 is 10.9 Å². The molecule has 0 amide bonds. The van der Waals surface area contributed by atoms with Gasteiger partial charge in [0.05, 0.1) is 0 Å². The molecule has 0 aromatic carbocycles. The van der Waals surface area contributed by atoms with Crippen LogP contribution >= 0.6 is 0 Å². The summed E-state index contributed by atoms with van der Waals surface area (Å²) >= 11 is 0. The molecule has 92 valence electrons. The Morgan fingerprint density at radius 3 is 2.25 bits per heavy atom. The molecule has 1 rings (SSSR count). The lowest BCUT2D eigenvalue weighted by Crippen LogP contribution is -2.21. The van der Waals surface area contributed by atoms with E-state index in [9.17, 15) is 0 Å². The number of nitrogens with zero attached hydrogens (tertiary/aromatic N) is 3. The second-order valence-electron chi connectivity index (χ2n) is 3.55. The van der Waals surface area contributed by atoms with Gasteiger partial charge in [-0.25, -0.2) is 0 Å². The Bertz CT molecular complexity index is 330. The maximum absolute atomic E-state index is 8.36. The Morgan fingerprint density at radius 2 is 2.00 bits per heavy atom. The summed E-state index contributed by atoms with van der Waals surface area (Å²) in [6.07, 6.45) is 2.08. The quantitative estimate of drug-likeness (QED) is 0.527. The van der Waals surface area contributed by atoms with Crippen molar-refractivity contribution >= 4 is 5.95 Å². The maximum atomic E-state index is 8.36. The number of aromatic nitrogens is 3. The lowest BCUT2D eigenvalue weighted by Gasteiger charge is -2.22. The summed E-state index contributed by atoms with van der Waals surface area (Å²) in [6, 6.07) is 0. The van der Waals surface area contributed by atoms with Gasteiger partial charge in [-0.3, -0.25) is 5.10 Å². The summed E-state index contributed by atoms with van der Waals surface area (Å²) in [7, 11) is 0. The smallest absolute Gasteiger partial charge is 0.291 e. The highest BCUT2D eigenvalue weighted by Crippen LogP contribution is 2.27.